The van der Waals surface area contributed by atoms with Crippen LogP contribution in [0.15, 0.2) is 0 Å². The molecular formula is C26H53NO6S. The zero-order chi connectivity index (χ0) is 25.4. The third-order valence-corrected chi connectivity index (χ3v) is 7.24. The molecule has 0 saturated heterocycles. The normalized spacial score (nSPS) is 15.1. The smallest absolute Gasteiger partial charge is 0.222 e. The number of amides is 1. The molecule has 0 spiro atoms. The Hall–Kier alpha value is -0.380. The number of nitrogens with one attached hydrogen (secondary N) is 1. The van der Waals surface area contributed by atoms with Gasteiger partial charge in [-0.15, -0.1) is 11.8 Å². The molecule has 0 aliphatic carbocycles. The van der Waals surface area contributed by atoms with Crippen molar-refractivity contribution in [2.45, 2.75) is 121 Å². The Labute approximate surface area is 212 Å². The summed E-state index contributed by atoms with van der Waals surface area (Å²) in [5.41, 5.74) is -0.640. The molecule has 204 valence electrons. The Balaban J connectivity index is 3.68. The van der Waals surface area contributed by atoms with Crippen molar-refractivity contribution in [1.82, 2.24) is 5.32 Å². The van der Waals surface area contributed by atoms with Gasteiger partial charge in [0.15, 0.2) is 0 Å². The molecular weight excluding hydrogens is 454 g/mol. The minimum absolute atomic E-state index is 0.0129. The lowest BCUT2D eigenvalue weighted by atomic mass is 10.0. The third kappa shape index (κ3) is 18.9. The first-order chi connectivity index (χ1) is 16.5. The number of hydrogen-bond acceptors (Lipinski definition) is 7. The summed E-state index contributed by atoms with van der Waals surface area (Å²) in [6, 6.07) is 0. The molecule has 34 heavy (non-hydrogen) atoms. The van der Waals surface area contributed by atoms with Crippen molar-refractivity contribution in [3.63, 3.8) is 0 Å². The number of rotatable bonds is 25. The van der Waals surface area contributed by atoms with Crippen LogP contribution in [0.2, 0.25) is 0 Å². The zero-order valence-electron chi connectivity index (χ0n) is 21.8. The van der Waals surface area contributed by atoms with E-state index in [0.717, 1.165) is 12.8 Å². The van der Waals surface area contributed by atoms with Crippen molar-refractivity contribution >= 4 is 17.7 Å². The highest BCUT2D eigenvalue weighted by Crippen LogP contribution is 2.17. The Kier molecular flexibility index (Phi) is 24.0. The number of aliphatic hydroxyl groups excluding tert-OH is 4. The lowest BCUT2D eigenvalue weighted by Crippen LogP contribution is -2.38. The largest absolute Gasteiger partial charge is 0.394 e. The van der Waals surface area contributed by atoms with Gasteiger partial charge < -0.3 is 30.5 Å². The Morgan fingerprint density at radius 1 is 0.824 bits per heavy atom. The molecule has 0 aromatic carbocycles. The maximum Gasteiger partial charge on any atom is 0.222 e. The van der Waals surface area contributed by atoms with Gasteiger partial charge in [-0.25, -0.2) is 0 Å². The van der Waals surface area contributed by atoms with E-state index in [0.29, 0.717) is 12.3 Å². The second kappa shape index (κ2) is 24.3. The van der Waals surface area contributed by atoms with E-state index in [4.69, 9.17) is 9.84 Å². The Morgan fingerprint density at radius 3 is 1.82 bits per heavy atom. The topological polar surface area (TPSA) is 119 Å². The van der Waals surface area contributed by atoms with Gasteiger partial charge in [-0.2, -0.15) is 0 Å². The summed E-state index contributed by atoms with van der Waals surface area (Å²) in [7, 11) is 0. The summed E-state index contributed by atoms with van der Waals surface area (Å²) >= 11 is 1.29. The van der Waals surface area contributed by atoms with Crippen LogP contribution in [0.4, 0.5) is 0 Å². The van der Waals surface area contributed by atoms with Gasteiger partial charge in [0.1, 0.15) is 17.6 Å². The summed E-state index contributed by atoms with van der Waals surface area (Å²) in [6.07, 6.45) is 15.9. The second-order valence-corrected chi connectivity index (χ2v) is 10.6. The average molecular weight is 508 g/mol. The number of thioether (sulfide) groups is 1. The average Bonchev–Trinajstić information content (AvgIpc) is 2.85. The lowest BCUT2D eigenvalue weighted by Gasteiger charge is -2.24. The number of carbonyl (C=O) groups is 1. The monoisotopic (exact) mass is 507 g/mol. The molecule has 0 heterocycles. The fourth-order valence-electron chi connectivity index (χ4n) is 3.84. The standard InChI is InChI=1S/C26H53NO6S/c1-3-4-5-6-7-8-9-10-11-12-13-14-15-16-22(2)26(32)27-17-18-34-25(21-30)33-24(20-29)23(31)19-28/h22-25,28-31H,3-21H2,1-2H3,(H,27,32)/t22?,23-,24?,25+/m1/s1. The van der Waals surface area contributed by atoms with E-state index >= 15 is 0 Å². The second-order valence-electron chi connectivity index (χ2n) is 9.31. The molecule has 5 N–H and O–H groups in total. The van der Waals surface area contributed by atoms with Crippen LogP contribution in [0.5, 0.6) is 0 Å². The molecule has 0 bridgehead atoms. The molecule has 7 nitrogen and oxygen atoms in total. The van der Waals surface area contributed by atoms with Crippen LogP contribution in [-0.2, 0) is 9.53 Å². The van der Waals surface area contributed by atoms with Crippen molar-refractivity contribution in [1.29, 1.82) is 0 Å². The molecule has 0 aromatic rings. The van der Waals surface area contributed by atoms with Crippen LogP contribution < -0.4 is 5.32 Å². The first-order valence-corrected chi connectivity index (χ1v) is 14.6. The van der Waals surface area contributed by atoms with Crippen LogP contribution in [0.25, 0.3) is 0 Å². The van der Waals surface area contributed by atoms with Crippen molar-refractivity contribution < 1.29 is 30.0 Å². The van der Waals surface area contributed by atoms with Gasteiger partial charge in [0.25, 0.3) is 0 Å². The van der Waals surface area contributed by atoms with Crippen LogP contribution >= 0.6 is 11.8 Å². The molecule has 0 fully saturated rings. The maximum atomic E-state index is 12.3. The fourth-order valence-corrected chi connectivity index (χ4v) is 4.65. The third-order valence-electron chi connectivity index (χ3n) is 6.17. The van der Waals surface area contributed by atoms with Crippen LogP contribution in [-0.4, -0.2) is 76.1 Å². The Bertz CT molecular complexity index is 457. The zero-order valence-corrected chi connectivity index (χ0v) is 22.6. The molecule has 0 aliphatic heterocycles. The van der Waals surface area contributed by atoms with E-state index < -0.39 is 30.9 Å². The van der Waals surface area contributed by atoms with E-state index in [-0.39, 0.29) is 18.4 Å². The maximum absolute atomic E-state index is 12.3. The highest BCUT2D eigenvalue weighted by molar-refractivity contribution is 7.99. The number of aliphatic hydroxyl groups is 4. The molecule has 0 aromatic heterocycles. The van der Waals surface area contributed by atoms with Crippen molar-refractivity contribution in [3.8, 4) is 0 Å². The van der Waals surface area contributed by atoms with Gasteiger partial charge in [-0.1, -0.05) is 97.3 Å². The van der Waals surface area contributed by atoms with E-state index in [1.165, 1.54) is 88.8 Å². The molecule has 0 rings (SSSR count). The fraction of sp³-hybridized carbons (Fsp3) is 0.962. The predicted molar refractivity (Wildman–Crippen MR) is 141 cm³/mol. The number of carbonyl (C=O) groups excluding carboxylic acids is 1. The molecule has 8 heteroatoms. The predicted octanol–water partition coefficient (Wildman–Crippen LogP) is 4.00. The molecule has 4 atom stereocenters. The number of hydrogen-bond donors (Lipinski definition) is 5. The SMILES string of the molecule is CCCCCCCCCCCCCCCC(C)C(=O)NCCS[C@@H](CO)OC(CO)[C@H](O)CO. The quantitative estimate of drug-likeness (QED) is 0.0936. The van der Waals surface area contributed by atoms with Crippen molar-refractivity contribution in [2.24, 2.45) is 5.92 Å². The van der Waals surface area contributed by atoms with Gasteiger partial charge in [-0.05, 0) is 6.42 Å². The summed E-state index contributed by atoms with van der Waals surface area (Å²) in [5.74, 6) is 0.571. The van der Waals surface area contributed by atoms with Gasteiger partial charge in [0.05, 0.1) is 19.8 Å². The van der Waals surface area contributed by atoms with Gasteiger partial charge in [-0.3, -0.25) is 4.79 Å². The van der Waals surface area contributed by atoms with E-state index in [1.54, 1.807) is 0 Å². The Morgan fingerprint density at radius 2 is 1.35 bits per heavy atom. The first-order valence-electron chi connectivity index (χ1n) is 13.5. The summed E-state index contributed by atoms with van der Waals surface area (Å²) in [5, 5.41) is 40.1. The van der Waals surface area contributed by atoms with Crippen molar-refractivity contribution in [2.75, 3.05) is 32.1 Å². The molecule has 0 saturated carbocycles. The lowest BCUT2D eigenvalue weighted by molar-refractivity contribution is -0.124. The summed E-state index contributed by atoms with van der Waals surface area (Å²) in [6.45, 7) is 3.41. The number of ether oxygens (including phenoxy) is 1. The van der Waals surface area contributed by atoms with Crippen molar-refractivity contribution in [3.05, 3.63) is 0 Å². The highest BCUT2D eigenvalue weighted by atomic mass is 32.2. The van der Waals surface area contributed by atoms with Crippen LogP contribution in [0.1, 0.15) is 104 Å². The number of unbranched alkanes of at least 4 members (excludes halogenated alkanes) is 12. The summed E-state index contributed by atoms with van der Waals surface area (Å²) < 4.78 is 5.43. The minimum atomic E-state index is -1.20. The molecule has 1 amide bonds. The van der Waals surface area contributed by atoms with Gasteiger partial charge >= 0.3 is 0 Å². The van der Waals surface area contributed by atoms with E-state index in [9.17, 15) is 20.1 Å². The summed E-state index contributed by atoms with van der Waals surface area (Å²) in [4.78, 5) is 12.3. The van der Waals surface area contributed by atoms with Crippen LogP contribution in [0, 0.1) is 5.92 Å². The van der Waals surface area contributed by atoms with E-state index in [1.807, 2.05) is 6.92 Å². The van der Waals surface area contributed by atoms with Gasteiger partial charge in [0, 0.05) is 18.2 Å². The first kappa shape index (κ1) is 33.6. The molecule has 0 radical (unpaired) electrons. The molecule has 0 aliphatic rings. The van der Waals surface area contributed by atoms with E-state index in [2.05, 4.69) is 12.2 Å². The highest BCUT2D eigenvalue weighted by Gasteiger charge is 2.23. The van der Waals surface area contributed by atoms with Crippen LogP contribution in [0.3, 0.4) is 0 Å². The van der Waals surface area contributed by atoms with Gasteiger partial charge in [0.2, 0.25) is 5.91 Å². The minimum Gasteiger partial charge on any atom is -0.394 e. The molecule has 2 unspecified atom stereocenters.